The zero-order valence-corrected chi connectivity index (χ0v) is 11.2. The third kappa shape index (κ3) is 3.48. The van der Waals surface area contributed by atoms with Gasteiger partial charge in [0.15, 0.2) is 0 Å². The van der Waals surface area contributed by atoms with E-state index < -0.39 is 0 Å². The molecule has 1 aromatic heterocycles. The molecule has 0 aliphatic heterocycles. The molecule has 0 spiro atoms. The van der Waals surface area contributed by atoms with Gasteiger partial charge < -0.3 is 5.32 Å². The number of nitrogens with zero attached hydrogens (tertiary/aromatic N) is 1. The van der Waals surface area contributed by atoms with Crippen molar-refractivity contribution in [2.75, 3.05) is 11.9 Å². The van der Waals surface area contributed by atoms with Gasteiger partial charge in [0, 0.05) is 12.7 Å². The standard InChI is InChI=1S/C13H19BrN2/c14-12-7-4-9-15-13(12)16-10-8-11-5-2-1-3-6-11/h4,7,9,11H,1-3,5-6,8,10H2,(H,15,16). The third-order valence-corrected chi connectivity index (χ3v) is 3.97. The maximum absolute atomic E-state index is 4.30. The molecule has 1 N–H and O–H groups in total. The van der Waals surface area contributed by atoms with Gasteiger partial charge >= 0.3 is 0 Å². The van der Waals surface area contributed by atoms with Crippen LogP contribution in [0.2, 0.25) is 0 Å². The summed E-state index contributed by atoms with van der Waals surface area (Å²) in [7, 11) is 0. The van der Waals surface area contributed by atoms with Gasteiger partial charge in [0.05, 0.1) is 4.47 Å². The van der Waals surface area contributed by atoms with Crippen LogP contribution in [0.25, 0.3) is 0 Å². The predicted molar refractivity (Wildman–Crippen MR) is 71.6 cm³/mol. The molecule has 1 heterocycles. The summed E-state index contributed by atoms with van der Waals surface area (Å²) in [6, 6.07) is 3.96. The Morgan fingerprint density at radius 2 is 2.12 bits per heavy atom. The van der Waals surface area contributed by atoms with Gasteiger partial charge in [-0.1, -0.05) is 32.1 Å². The van der Waals surface area contributed by atoms with Gasteiger partial charge in [-0.25, -0.2) is 4.98 Å². The summed E-state index contributed by atoms with van der Waals surface area (Å²) in [5.41, 5.74) is 0. The van der Waals surface area contributed by atoms with Crippen LogP contribution in [0.5, 0.6) is 0 Å². The fourth-order valence-corrected chi connectivity index (χ4v) is 2.78. The van der Waals surface area contributed by atoms with Gasteiger partial charge in [-0.15, -0.1) is 0 Å². The number of halogens is 1. The molecule has 0 atom stereocenters. The number of rotatable bonds is 4. The number of hydrogen-bond acceptors (Lipinski definition) is 2. The summed E-state index contributed by atoms with van der Waals surface area (Å²) in [6.45, 7) is 1.04. The second-order valence-electron chi connectivity index (χ2n) is 4.55. The first kappa shape index (κ1) is 11.9. The van der Waals surface area contributed by atoms with E-state index in [2.05, 4.69) is 26.2 Å². The van der Waals surface area contributed by atoms with Gasteiger partial charge in [-0.2, -0.15) is 0 Å². The number of nitrogens with one attached hydrogen (secondary N) is 1. The van der Waals surface area contributed by atoms with Crippen molar-refractivity contribution < 1.29 is 0 Å². The molecule has 3 heteroatoms. The molecule has 0 unspecified atom stereocenters. The second kappa shape index (κ2) is 6.24. The van der Waals surface area contributed by atoms with E-state index >= 15 is 0 Å². The lowest BCUT2D eigenvalue weighted by Crippen LogP contribution is -2.12. The topological polar surface area (TPSA) is 24.9 Å². The molecule has 0 radical (unpaired) electrons. The van der Waals surface area contributed by atoms with Crippen LogP contribution >= 0.6 is 15.9 Å². The molecule has 0 aromatic carbocycles. The Morgan fingerprint density at radius 3 is 2.88 bits per heavy atom. The van der Waals surface area contributed by atoms with Crippen LogP contribution in [0.3, 0.4) is 0 Å². The van der Waals surface area contributed by atoms with E-state index in [9.17, 15) is 0 Å². The van der Waals surface area contributed by atoms with Gasteiger partial charge in [0.2, 0.25) is 0 Å². The lowest BCUT2D eigenvalue weighted by atomic mass is 9.87. The molecule has 1 aliphatic carbocycles. The molecule has 2 rings (SSSR count). The number of aromatic nitrogens is 1. The molecule has 0 amide bonds. The molecule has 16 heavy (non-hydrogen) atoms. The number of pyridine rings is 1. The van der Waals surface area contributed by atoms with E-state index in [1.165, 1.54) is 38.5 Å². The molecule has 1 aliphatic rings. The average molecular weight is 283 g/mol. The third-order valence-electron chi connectivity index (χ3n) is 3.33. The minimum Gasteiger partial charge on any atom is -0.369 e. The van der Waals surface area contributed by atoms with Crippen molar-refractivity contribution in [3.63, 3.8) is 0 Å². The summed E-state index contributed by atoms with van der Waals surface area (Å²) in [6.07, 6.45) is 10.2. The van der Waals surface area contributed by atoms with Crippen LogP contribution in [-0.2, 0) is 0 Å². The molecule has 0 bridgehead atoms. The van der Waals surface area contributed by atoms with Crippen molar-refractivity contribution >= 4 is 21.7 Å². The highest BCUT2D eigenvalue weighted by atomic mass is 79.9. The summed E-state index contributed by atoms with van der Waals surface area (Å²) < 4.78 is 1.05. The van der Waals surface area contributed by atoms with Crippen molar-refractivity contribution in [3.8, 4) is 0 Å². The SMILES string of the molecule is Brc1cccnc1NCCC1CCCCC1. The first-order valence-corrected chi connectivity index (χ1v) is 7.00. The summed E-state index contributed by atoms with van der Waals surface area (Å²) in [5.74, 6) is 1.90. The Balaban J connectivity index is 1.73. The molecular weight excluding hydrogens is 264 g/mol. The van der Waals surface area contributed by atoms with Crippen molar-refractivity contribution in [1.29, 1.82) is 0 Å². The highest BCUT2D eigenvalue weighted by molar-refractivity contribution is 9.10. The van der Waals surface area contributed by atoms with Crippen LogP contribution in [0, 0.1) is 5.92 Å². The Kier molecular flexibility index (Phi) is 4.64. The zero-order valence-electron chi connectivity index (χ0n) is 9.58. The monoisotopic (exact) mass is 282 g/mol. The highest BCUT2D eigenvalue weighted by Gasteiger charge is 2.12. The molecule has 88 valence electrons. The van der Waals surface area contributed by atoms with E-state index in [1.54, 1.807) is 0 Å². The molecule has 0 saturated heterocycles. The maximum Gasteiger partial charge on any atom is 0.140 e. The molecule has 1 aromatic rings. The quantitative estimate of drug-likeness (QED) is 0.894. The van der Waals surface area contributed by atoms with Crippen LogP contribution in [-0.4, -0.2) is 11.5 Å². The van der Waals surface area contributed by atoms with Crippen LogP contribution in [0.1, 0.15) is 38.5 Å². The smallest absolute Gasteiger partial charge is 0.140 e. The molecule has 2 nitrogen and oxygen atoms in total. The van der Waals surface area contributed by atoms with Gasteiger partial charge in [-0.05, 0) is 40.4 Å². The number of hydrogen-bond donors (Lipinski definition) is 1. The van der Waals surface area contributed by atoms with Crippen molar-refractivity contribution in [3.05, 3.63) is 22.8 Å². The molecule has 1 saturated carbocycles. The van der Waals surface area contributed by atoms with Crippen LogP contribution in [0.4, 0.5) is 5.82 Å². The van der Waals surface area contributed by atoms with E-state index in [0.29, 0.717) is 0 Å². The number of anilines is 1. The Labute approximate surface area is 106 Å². The van der Waals surface area contributed by atoms with E-state index in [0.717, 1.165) is 22.8 Å². The van der Waals surface area contributed by atoms with E-state index in [-0.39, 0.29) is 0 Å². The minimum atomic E-state index is 0.934. The Hall–Kier alpha value is -0.570. The maximum atomic E-state index is 4.30. The zero-order chi connectivity index (χ0) is 11.2. The fraction of sp³-hybridized carbons (Fsp3) is 0.615. The highest BCUT2D eigenvalue weighted by Crippen LogP contribution is 2.26. The van der Waals surface area contributed by atoms with Crippen LogP contribution in [0.15, 0.2) is 22.8 Å². The fourth-order valence-electron chi connectivity index (χ4n) is 2.39. The van der Waals surface area contributed by atoms with Gasteiger partial charge in [0.25, 0.3) is 0 Å². The summed E-state index contributed by atoms with van der Waals surface area (Å²) in [5, 5.41) is 3.40. The van der Waals surface area contributed by atoms with Gasteiger partial charge in [-0.3, -0.25) is 0 Å². The average Bonchev–Trinajstić information content (AvgIpc) is 2.33. The minimum absolute atomic E-state index is 0.934. The molecular formula is C13H19BrN2. The molecule has 1 fully saturated rings. The van der Waals surface area contributed by atoms with E-state index in [4.69, 9.17) is 0 Å². The summed E-state index contributed by atoms with van der Waals surface area (Å²) in [4.78, 5) is 4.30. The summed E-state index contributed by atoms with van der Waals surface area (Å²) >= 11 is 3.50. The Bertz CT molecular complexity index is 321. The largest absolute Gasteiger partial charge is 0.369 e. The van der Waals surface area contributed by atoms with Crippen molar-refractivity contribution in [2.24, 2.45) is 5.92 Å². The van der Waals surface area contributed by atoms with Crippen molar-refractivity contribution in [1.82, 2.24) is 4.98 Å². The lowest BCUT2D eigenvalue weighted by Gasteiger charge is -2.21. The van der Waals surface area contributed by atoms with Crippen molar-refractivity contribution in [2.45, 2.75) is 38.5 Å². The normalized spacial score (nSPS) is 17.3. The van der Waals surface area contributed by atoms with Gasteiger partial charge in [0.1, 0.15) is 5.82 Å². The first-order chi connectivity index (χ1) is 7.86. The first-order valence-electron chi connectivity index (χ1n) is 6.20. The van der Waals surface area contributed by atoms with E-state index in [1.807, 2.05) is 18.3 Å². The second-order valence-corrected chi connectivity index (χ2v) is 5.41. The lowest BCUT2D eigenvalue weighted by molar-refractivity contribution is 0.345. The predicted octanol–water partition coefficient (Wildman–Crippen LogP) is 4.23. The van der Waals surface area contributed by atoms with Crippen LogP contribution < -0.4 is 5.32 Å². The Morgan fingerprint density at radius 1 is 1.31 bits per heavy atom.